The number of rotatable bonds is 7. The van der Waals surface area contributed by atoms with Crippen LogP contribution >= 0.6 is 0 Å². The number of nitrogens with two attached hydrogens (primary N) is 1. The molecule has 0 amide bonds. The van der Waals surface area contributed by atoms with Crippen molar-refractivity contribution in [1.82, 2.24) is 0 Å². The van der Waals surface area contributed by atoms with E-state index in [1.807, 2.05) is 0 Å². The molecule has 0 radical (unpaired) electrons. The Kier molecular flexibility index (Phi) is 6.98. The lowest BCUT2D eigenvalue weighted by Gasteiger charge is -2.21. The highest BCUT2D eigenvalue weighted by Gasteiger charge is 2.13. The Morgan fingerprint density at radius 3 is 2.80 bits per heavy atom. The van der Waals surface area contributed by atoms with E-state index >= 15 is 0 Å². The summed E-state index contributed by atoms with van der Waals surface area (Å²) in [5.74, 6) is 0.721. The quantitative estimate of drug-likeness (QED) is 0.660. The van der Waals surface area contributed by atoms with Crippen molar-refractivity contribution in [3.05, 3.63) is 0 Å². The van der Waals surface area contributed by atoms with Crippen LogP contribution in [0.25, 0.3) is 0 Å². The highest BCUT2D eigenvalue weighted by molar-refractivity contribution is 4.62. The van der Waals surface area contributed by atoms with Gasteiger partial charge in [0, 0.05) is 32.5 Å². The normalized spacial score (nSPS) is 20.4. The number of hydrogen-bond acceptors (Lipinski definition) is 3. The Morgan fingerprint density at radius 2 is 2.13 bits per heavy atom. The molecule has 0 aromatic heterocycles. The summed E-state index contributed by atoms with van der Waals surface area (Å²) in [5, 5.41) is 0. The Bertz CT molecular complexity index is 147. The molecule has 0 bridgehead atoms. The zero-order chi connectivity index (χ0) is 10.9. The first-order valence-corrected chi connectivity index (χ1v) is 6.24. The van der Waals surface area contributed by atoms with E-state index in [4.69, 9.17) is 15.2 Å². The van der Waals surface area contributed by atoms with Crippen LogP contribution in [0.2, 0.25) is 0 Å². The third kappa shape index (κ3) is 6.13. The predicted octanol–water partition coefficient (Wildman–Crippen LogP) is 1.95. The summed E-state index contributed by atoms with van der Waals surface area (Å²) in [5.41, 5.74) is 5.83. The van der Waals surface area contributed by atoms with E-state index in [-0.39, 0.29) is 0 Å². The van der Waals surface area contributed by atoms with Crippen LogP contribution in [-0.2, 0) is 9.47 Å². The monoisotopic (exact) mass is 215 g/mol. The van der Waals surface area contributed by atoms with Crippen LogP contribution in [0, 0.1) is 5.92 Å². The molecule has 1 unspecified atom stereocenters. The first kappa shape index (κ1) is 12.9. The van der Waals surface area contributed by atoms with Crippen LogP contribution < -0.4 is 5.73 Å². The summed E-state index contributed by atoms with van der Waals surface area (Å²) in [6.45, 7) is 5.73. The third-order valence-corrected chi connectivity index (χ3v) is 3.08. The summed E-state index contributed by atoms with van der Waals surface area (Å²) >= 11 is 0. The molecule has 0 spiro atoms. The molecule has 3 nitrogen and oxygen atoms in total. The van der Waals surface area contributed by atoms with Crippen molar-refractivity contribution < 1.29 is 9.47 Å². The molecule has 0 saturated carbocycles. The van der Waals surface area contributed by atoms with Gasteiger partial charge in [0.05, 0.1) is 0 Å². The van der Waals surface area contributed by atoms with Gasteiger partial charge in [0.15, 0.2) is 0 Å². The molecule has 0 aromatic carbocycles. The van der Waals surface area contributed by atoms with E-state index in [1.54, 1.807) is 0 Å². The minimum Gasteiger partial charge on any atom is -0.381 e. The van der Waals surface area contributed by atoms with Gasteiger partial charge >= 0.3 is 0 Å². The maximum atomic E-state index is 5.83. The van der Waals surface area contributed by atoms with Crippen molar-refractivity contribution in [2.45, 2.75) is 45.1 Å². The van der Waals surface area contributed by atoms with Gasteiger partial charge in [0.2, 0.25) is 0 Å². The van der Waals surface area contributed by atoms with Gasteiger partial charge in [-0.1, -0.05) is 6.92 Å². The minimum atomic E-state index is 0.358. The van der Waals surface area contributed by atoms with E-state index in [0.29, 0.717) is 6.04 Å². The molecule has 90 valence electrons. The van der Waals surface area contributed by atoms with Gasteiger partial charge in [0.1, 0.15) is 0 Å². The molecular weight excluding hydrogens is 190 g/mol. The fraction of sp³-hybridized carbons (Fsp3) is 1.00. The summed E-state index contributed by atoms with van der Waals surface area (Å²) in [4.78, 5) is 0. The second kappa shape index (κ2) is 8.08. The van der Waals surface area contributed by atoms with Gasteiger partial charge in [-0.25, -0.2) is 0 Å². The highest BCUT2D eigenvalue weighted by atomic mass is 16.5. The van der Waals surface area contributed by atoms with E-state index < -0.39 is 0 Å². The van der Waals surface area contributed by atoms with Crippen molar-refractivity contribution in [1.29, 1.82) is 0 Å². The van der Waals surface area contributed by atoms with Gasteiger partial charge in [-0.15, -0.1) is 0 Å². The Balaban J connectivity index is 1.87. The van der Waals surface area contributed by atoms with Crippen LogP contribution in [0.4, 0.5) is 0 Å². The first-order valence-electron chi connectivity index (χ1n) is 6.24. The summed E-state index contributed by atoms with van der Waals surface area (Å²) in [6.07, 6.45) is 5.57. The summed E-state index contributed by atoms with van der Waals surface area (Å²) < 4.78 is 11.0. The fourth-order valence-electron chi connectivity index (χ4n) is 1.81. The molecule has 1 aliphatic rings. The summed E-state index contributed by atoms with van der Waals surface area (Å²) in [6, 6.07) is 0.358. The minimum absolute atomic E-state index is 0.358. The molecule has 1 aliphatic heterocycles. The van der Waals surface area contributed by atoms with Crippen LogP contribution in [0.15, 0.2) is 0 Å². The topological polar surface area (TPSA) is 44.5 Å². The Labute approximate surface area is 93.3 Å². The smallest absolute Gasteiger partial charge is 0.0495 e. The summed E-state index contributed by atoms with van der Waals surface area (Å²) in [7, 11) is 0. The van der Waals surface area contributed by atoms with Gasteiger partial charge < -0.3 is 15.2 Å². The Hall–Kier alpha value is -0.120. The highest BCUT2D eigenvalue weighted by Crippen LogP contribution is 2.14. The molecule has 1 heterocycles. The van der Waals surface area contributed by atoms with Crippen molar-refractivity contribution >= 4 is 0 Å². The zero-order valence-corrected chi connectivity index (χ0v) is 9.91. The molecule has 1 saturated heterocycles. The molecule has 3 heteroatoms. The molecule has 2 N–H and O–H groups in total. The zero-order valence-electron chi connectivity index (χ0n) is 9.91. The van der Waals surface area contributed by atoms with Crippen molar-refractivity contribution in [2.75, 3.05) is 26.4 Å². The fourth-order valence-corrected chi connectivity index (χ4v) is 1.81. The van der Waals surface area contributed by atoms with Gasteiger partial charge in [-0.05, 0) is 38.0 Å². The lowest BCUT2D eigenvalue weighted by Crippen LogP contribution is -2.21. The largest absolute Gasteiger partial charge is 0.381 e. The lowest BCUT2D eigenvalue weighted by molar-refractivity contribution is 0.0196. The lowest BCUT2D eigenvalue weighted by atomic mass is 10.0. The standard InChI is InChI=1S/C12H25NO2/c1-2-12(13)4-3-7-15-10-11-5-8-14-9-6-11/h11-12H,2-10,13H2,1H3. The molecule has 1 atom stereocenters. The van der Waals surface area contributed by atoms with E-state index in [9.17, 15) is 0 Å². The molecule has 0 aliphatic carbocycles. The average Bonchev–Trinajstić information content (AvgIpc) is 2.29. The van der Waals surface area contributed by atoms with E-state index in [0.717, 1.165) is 64.4 Å². The van der Waals surface area contributed by atoms with Crippen LogP contribution in [0.1, 0.15) is 39.0 Å². The van der Waals surface area contributed by atoms with E-state index in [1.165, 1.54) is 0 Å². The molecule has 1 fully saturated rings. The third-order valence-electron chi connectivity index (χ3n) is 3.08. The maximum absolute atomic E-state index is 5.83. The second-order valence-corrected chi connectivity index (χ2v) is 4.44. The van der Waals surface area contributed by atoms with Crippen molar-refractivity contribution in [3.8, 4) is 0 Å². The predicted molar refractivity (Wildman–Crippen MR) is 61.9 cm³/mol. The SMILES string of the molecule is CCC(N)CCCOCC1CCOCC1. The van der Waals surface area contributed by atoms with Crippen LogP contribution in [0.5, 0.6) is 0 Å². The van der Waals surface area contributed by atoms with Gasteiger partial charge in [-0.2, -0.15) is 0 Å². The maximum Gasteiger partial charge on any atom is 0.0495 e. The van der Waals surface area contributed by atoms with Gasteiger partial charge in [0.25, 0.3) is 0 Å². The molecule has 0 aromatic rings. The van der Waals surface area contributed by atoms with Crippen LogP contribution in [0.3, 0.4) is 0 Å². The Morgan fingerprint density at radius 1 is 1.40 bits per heavy atom. The van der Waals surface area contributed by atoms with Crippen LogP contribution in [-0.4, -0.2) is 32.5 Å². The average molecular weight is 215 g/mol. The number of ether oxygens (including phenoxy) is 2. The number of hydrogen-bond donors (Lipinski definition) is 1. The van der Waals surface area contributed by atoms with Crippen molar-refractivity contribution in [2.24, 2.45) is 11.7 Å². The molecule has 15 heavy (non-hydrogen) atoms. The first-order chi connectivity index (χ1) is 7.33. The second-order valence-electron chi connectivity index (χ2n) is 4.44. The molecule has 1 rings (SSSR count). The van der Waals surface area contributed by atoms with E-state index in [2.05, 4.69) is 6.92 Å². The molecular formula is C12H25NO2. The van der Waals surface area contributed by atoms with Crippen molar-refractivity contribution in [3.63, 3.8) is 0 Å². The van der Waals surface area contributed by atoms with Gasteiger partial charge in [-0.3, -0.25) is 0 Å².